The second kappa shape index (κ2) is 1.84. The van der Waals surface area contributed by atoms with Crippen molar-refractivity contribution in [2.75, 3.05) is 0 Å². The molecule has 0 amide bonds. The zero-order valence-electron chi connectivity index (χ0n) is 5.10. The monoisotopic (exact) mass is 135 g/mol. The lowest BCUT2D eigenvalue weighted by molar-refractivity contribution is 0.602. The van der Waals surface area contributed by atoms with Crippen molar-refractivity contribution in [1.29, 1.82) is 0 Å². The highest BCUT2D eigenvalue weighted by atomic mass is 19.1. The molecule has 1 nitrogen and oxygen atoms in total. The van der Waals surface area contributed by atoms with Gasteiger partial charge in [-0.1, -0.05) is 0 Å². The summed E-state index contributed by atoms with van der Waals surface area (Å²) in [7, 11) is 0. The summed E-state index contributed by atoms with van der Waals surface area (Å²) in [5.41, 5.74) is 0.668. The Morgan fingerprint density at radius 2 is 2.30 bits per heavy atom. The zero-order chi connectivity index (χ0) is 6.97. The molecule has 0 saturated carbocycles. The molecule has 1 aromatic heterocycles. The first-order valence-electron chi connectivity index (χ1n) is 2.91. The van der Waals surface area contributed by atoms with Gasteiger partial charge >= 0.3 is 0 Å². The molecule has 0 N–H and O–H groups in total. The van der Waals surface area contributed by atoms with Crippen LogP contribution in [0.3, 0.4) is 0 Å². The fourth-order valence-corrected chi connectivity index (χ4v) is 0.881. The van der Waals surface area contributed by atoms with E-state index in [4.69, 9.17) is 4.42 Å². The van der Waals surface area contributed by atoms with E-state index in [2.05, 4.69) is 6.26 Å². The average Bonchev–Trinajstić information content (AvgIpc) is 2.33. The standard InChI is InChI=1S/C8H4FO/c9-7-1-2-8-6(5-7)3-4-10-8/h1-3,5H. The molecule has 1 aromatic carbocycles. The maximum atomic E-state index is 12.5. The Balaban J connectivity index is 2.86. The quantitative estimate of drug-likeness (QED) is 0.540. The van der Waals surface area contributed by atoms with E-state index in [0.29, 0.717) is 5.58 Å². The Labute approximate surface area is 57.1 Å². The van der Waals surface area contributed by atoms with Crippen molar-refractivity contribution in [2.24, 2.45) is 0 Å². The summed E-state index contributed by atoms with van der Waals surface area (Å²) in [6.45, 7) is 0. The van der Waals surface area contributed by atoms with Gasteiger partial charge in [-0.05, 0) is 24.3 Å². The van der Waals surface area contributed by atoms with Gasteiger partial charge in [0.2, 0.25) is 0 Å². The first-order chi connectivity index (χ1) is 4.86. The van der Waals surface area contributed by atoms with Crippen LogP contribution < -0.4 is 0 Å². The highest BCUT2D eigenvalue weighted by molar-refractivity contribution is 5.76. The lowest BCUT2D eigenvalue weighted by atomic mass is 10.2. The summed E-state index contributed by atoms with van der Waals surface area (Å²) in [4.78, 5) is 0. The van der Waals surface area contributed by atoms with Crippen LogP contribution in [0.15, 0.2) is 28.7 Å². The van der Waals surface area contributed by atoms with Crippen LogP contribution in [0.5, 0.6) is 0 Å². The van der Waals surface area contributed by atoms with Crippen LogP contribution in [0.4, 0.5) is 4.39 Å². The van der Waals surface area contributed by atoms with Gasteiger partial charge in [-0.25, -0.2) is 4.39 Å². The third-order valence-corrected chi connectivity index (χ3v) is 1.36. The van der Waals surface area contributed by atoms with Gasteiger partial charge in [0.25, 0.3) is 0 Å². The lowest BCUT2D eigenvalue weighted by Crippen LogP contribution is -1.68. The van der Waals surface area contributed by atoms with Crippen molar-refractivity contribution >= 4 is 11.0 Å². The molecule has 1 radical (unpaired) electrons. The minimum absolute atomic E-state index is 0.248. The Hall–Kier alpha value is -1.31. The average molecular weight is 135 g/mol. The third kappa shape index (κ3) is 0.692. The normalized spacial score (nSPS) is 10.5. The third-order valence-electron chi connectivity index (χ3n) is 1.36. The molecule has 2 heteroatoms. The first kappa shape index (κ1) is 5.47. The molecule has 2 aromatic rings. The summed E-state index contributed by atoms with van der Waals surface area (Å²) in [6.07, 6.45) is 2.52. The van der Waals surface area contributed by atoms with Crippen molar-refractivity contribution in [3.8, 4) is 0 Å². The molecule has 0 fully saturated rings. The smallest absolute Gasteiger partial charge is 0.170 e. The molecular formula is C8H4FO. The van der Waals surface area contributed by atoms with Gasteiger partial charge in [-0.2, -0.15) is 0 Å². The van der Waals surface area contributed by atoms with Gasteiger partial charge in [0.05, 0.1) is 0 Å². The number of rotatable bonds is 0. The summed E-state index contributed by atoms with van der Waals surface area (Å²) in [6, 6.07) is 5.97. The molecule has 0 bridgehead atoms. The Morgan fingerprint density at radius 3 is 3.20 bits per heavy atom. The minimum Gasteiger partial charge on any atom is -0.453 e. The Morgan fingerprint density at radius 1 is 1.40 bits per heavy atom. The predicted molar refractivity (Wildman–Crippen MR) is 35.0 cm³/mol. The van der Waals surface area contributed by atoms with Crippen LogP contribution in [0.2, 0.25) is 0 Å². The van der Waals surface area contributed by atoms with Crippen molar-refractivity contribution in [3.05, 3.63) is 36.3 Å². The van der Waals surface area contributed by atoms with Gasteiger partial charge in [0, 0.05) is 5.39 Å². The molecule has 10 heavy (non-hydrogen) atoms. The molecule has 0 unspecified atom stereocenters. The highest BCUT2D eigenvalue weighted by Gasteiger charge is 1.96. The molecule has 0 saturated heterocycles. The molecule has 0 aliphatic rings. The number of hydrogen-bond donors (Lipinski definition) is 0. The van der Waals surface area contributed by atoms with Gasteiger partial charge in [-0.15, -0.1) is 0 Å². The van der Waals surface area contributed by atoms with E-state index in [-0.39, 0.29) is 5.82 Å². The number of furan rings is 1. The predicted octanol–water partition coefficient (Wildman–Crippen LogP) is 2.37. The van der Waals surface area contributed by atoms with Crippen LogP contribution in [-0.2, 0) is 0 Å². The second-order valence-corrected chi connectivity index (χ2v) is 2.05. The molecule has 0 aliphatic carbocycles. The topological polar surface area (TPSA) is 13.1 Å². The van der Waals surface area contributed by atoms with E-state index in [1.165, 1.54) is 12.1 Å². The summed E-state index contributed by atoms with van der Waals surface area (Å²) >= 11 is 0. The van der Waals surface area contributed by atoms with Gasteiger partial charge in [-0.3, -0.25) is 0 Å². The van der Waals surface area contributed by atoms with E-state index in [1.807, 2.05) is 0 Å². The van der Waals surface area contributed by atoms with Gasteiger partial charge in [0.1, 0.15) is 11.4 Å². The summed E-state index contributed by atoms with van der Waals surface area (Å²) in [5, 5.41) is 0.750. The lowest BCUT2D eigenvalue weighted by Gasteiger charge is -1.85. The van der Waals surface area contributed by atoms with E-state index in [0.717, 1.165) is 5.39 Å². The van der Waals surface area contributed by atoms with Crippen molar-refractivity contribution < 1.29 is 8.81 Å². The van der Waals surface area contributed by atoms with Crippen LogP contribution in [-0.4, -0.2) is 0 Å². The fraction of sp³-hybridized carbons (Fsp3) is 0. The number of hydrogen-bond acceptors (Lipinski definition) is 1. The van der Waals surface area contributed by atoms with E-state index >= 15 is 0 Å². The van der Waals surface area contributed by atoms with Crippen LogP contribution >= 0.6 is 0 Å². The SMILES string of the molecule is Fc1ccc2o[c]cc2c1. The van der Waals surface area contributed by atoms with E-state index < -0.39 is 0 Å². The molecule has 1 heterocycles. The fourth-order valence-electron chi connectivity index (χ4n) is 0.881. The molecule has 0 spiro atoms. The molecule has 2 rings (SSSR count). The molecule has 49 valence electrons. The highest BCUT2D eigenvalue weighted by Crippen LogP contribution is 2.14. The molecule has 0 aliphatic heterocycles. The number of halogens is 1. The summed E-state index contributed by atoms with van der Waals surface area (Å²) in [5.74, 6) is -0.248. The first-order valence-corrected chi connectivity index (χ1v) is 2.91. The van der Waals surface area contributed by atoms with Gasteiger partial charge < -0.3 is 4.42 Å². The Bertz CT molecular complexity index is 351. The Kier molecular flexibility index (Phi) is 1.01. The van der Waals surface area contributed by atoms with Crippen LogP contribution in [0.1, 0.15) is 0 Å². The van der Waals surface area contributed by atoms with Crippen LogP contribution in [0, 0.1) is 12.1 Å². The maximum Gasteiger partial charge on any atom is 0.170 e. The zero-order valence-corrected chi connectivity index (χ0v) is 5.10. The van der Waals surface area contributed by atoms with Crippen molar-refractivity contribution in [1.82, 2.24) is 0 Å². The van der Waals surface area contributed by atoms with Crippen LogP contribution in [0.25, 0.3) is 11.0 Å². The molecule has 0 atom stereocenters. The number of benzene rings is 1. The van der Waals surface area contributed by atoms with E-state index in [1.54, 1.807) is 12.1 Å². The molecular weight excluding hydrogens is 131 g/mol. The van der Waals surface area contributed by atoms with Gasteiger partial charge in [0.15, 0.2) is 6.26 Å². The minimum atomic E-state index is -0.248. The second-order valence-electron chi connectivity index (χ2n) is 2.05. The largest absolute Gasteiger partial charge is 0.453 e. The van der Waals surface area contributed by atoms with Crippen molar-refractivity contribution in [2.45, 2.75) is 0 Å². The van der Waals surface area contributed by atoms with E-state index in [9.17, 15) is 4.39 Å². The summed E-state index contributed by atoms with van der Waals surface area (Å²) < 4.78 is 17.3. The van der Waals surface area contributed by atoms with Crippen molar-refractivity contribution in [3.63, 3.8) is 0 Å². The maximum absolute atomic E-state index is 12.5. The number of fused-ring (bicyclic) bond motifs is 1.